The summed E-state index contributed by atoms with van der Waals surface area (Å²) in [4.78, 5) is 32.0. The van der Waals surface area contributed by atoms with Gasteiger partial charge in [0.25, 0.3) is 0 Å². The maximum atomic E-state index is 13.3. The van der Waals surface area contributed by atoms with E-state index in [4.69, 9.17) is 0 Å². The third kappa shape index (κ3) is 3.68. The molecule has 0 aromatic carbocycles. The van der Waals surface area contributed by atoms with Crippen molar-refractivity contribution >= 4 is 11.8 Å². The number of nitriles is 2. The van der Waals surface area contributed by atoms with Gasteiger partial charge in [-0.1, -0.05) is 0 Å². The predicted molar refractivity (Wildman–Crippen MR) is 115 cm³/mol. The smallest absolute Gasteiger partial charge is 0.237 e. The zero-order valence-electron chi connectivity index (χ0n) is 18.7. The van der Waals surface area contributed by atoms with Gasteiger partial charge >= 0.3 is 0 Å². The summed E-state index contributed by atoms with van der Waals surface area (Å²) in [5, 5.41) is 30.2. The van der Waals surface area contributed by atoms with Gasteiger partial charge in [-0.25, -0.2) is 0 Å². The highest BCUT2D eigenvalue weighted by atomic mass is 16.3. The Labute approximate surface area is 189 Å². The second-order valence-corrected chi connectivity index (χ2v) is 11.0. The number of nitrogens with zero attached hydrogens (tertiary/aromatic N) is 5. The lowest BCUT2D eigenvalue weighted by molar-refractivity contribution is -0.181. The first kappa shape index (κ1) is 21.7. The zero-order valence-corrected chi connectivity index (χ0v) is 18.7. The molecule has 0 spiro atoms. The summed E-state index contributed by atoms with van der Waals surface area (Å²) in [5.74, 6) is 0.683. The molecule has 0 radical (unpaired) electrons. The van der Waals surface area contributed by atoms with E-state index in [0.29, 0.717) is 44.2 Å². The molecule has 2 saturated heterocycles. The normalized spacial score (nSPS) is 40.0. The standard InChI is InChI=1S/C24H33N5O3/c25-12-19-3-1-5-28(19)21(30)14-27(15-22(31)29-6-2-4-20(29)13-26)23-8-17-7-18(9-23)11-24(32,10-17)16-23/h17-20,32H,1-11,14-16H2/t17-,18+,19-,20-,23?,24?/m0/s1. The van der Waals surface area contributed by atoms with Crippen LogP contribution in [0.3, 0.4) is 0 Å². The molecule has 8 heteroatoms. The van der Waals surface area contributed by atoms with Crippen molar-refractivity contribution < 1.29 is 14.7 Å². The Morgan fingerprint density at radius 1 is 0.906 bits per heavy atom. The topological polar surface area (TPSA) is 112 Å². The third-order valence-electron chi connectivity index (χ3n) is 8.77. The van der Waals surface area contributed by atoms with Crippen LogP contribution >= 0.6 is 0 Å². The highest BCUT2D eigenvalue weighted by molar-refractivity contribution is 5.82. The predicted octanol–water partition coefficient (Wildman–Crippen LogP) is 1.40. The molecule has 2 unspecified atom stereocenters. The summed E-state index contributed by atoms with van der Waals surface area (Å²) < 4.78 is 0. The molecule has 2 amide bonds. The number of carbonyl (C=O) groups is 2. The number of hydrogen-bond acceptors (Lipinski definition) is 6. The summed E-state index contributed by atoms with van der Waals surface area (Å²) in [5.41, 5.74) is -1.05. The molecule has 6 aliphatic rings. The Kier molecular flexibility index (Phi) is 5.42. The molecule has 2 aliphatic heterocycles. The Hall–Kier alpha value is -2.16. The summed E-state index contributed by atoms with van der Waals surface area (Å²) >= 11 is 0. The number of aliphatic hydroxyl groups is 1. The molecule has 6 fully saturated rings. The van der Waals surface area contributed by atoms with Crippen molar-refractivity contribution in [3.63, 3.8) is 0 Å². The van der Waals surface area contributed by atoms with Gasteiger partial charge < -0.3 is 14.9 Å². The zero-order chi connectivity index (χ0) is 22.5. The molecular formula is C24H33N5O3. The molecule has 4 bridgehead atoms. The van der Waals surface area contributed by atoms with Gasteiger partial charge in [0.05, 0.1) is 30.8 Å². The summed E-state index contributed by atoms with van der Waals surface area (Å²) in [6.45, 7) is 1.38. The molecule has 8 nitrogen and oxygen atoms in total. The number of rotatable bonds is 5. The maximum absolute atomic E-state index is 13.3. The highest BCUT2D eigenvalue weighted by Gasteiger charge is 2.59. The molecule has 6 rings (SSSR count). The molecule has 0 aromatic rings. The summed E-state index contributed by atoms with van der Waals surface area (Å²) in [6, 6.07) is 3.71. The molecule has 2 heterocycles. The van der Waals surface area contributed by atoms with Crippen molar-refractivity contribution in [3.8, 4) is 12.1 Å². The molecule has 32 heavy (non-hydrogen) atoms. The van der Waals surface area contributed by atoms with Crippen molar-refractivity contribution in [1.82, 2.24) is 14.7 Å². The van der Waals surface area contributed by atoms with Crippen LogP contribution in [0.1, 0.15) is 64.2 Å². The van der Waals surface area contributed by atoms with Crippen molar-refractivity contribution in [3.05, 3.63) is 0 Å². The van der Waals surface area contributed by atoms with Crippen LogP contribution in [0.15, 0.2) is 0 Å². The number of carbonyl (C=O) groups excluding carboxylic acids is 2. The number of hydrogen-bond donors (Lipinski definition) is 1. The first-order valence-electron chi connectivity index (χ1n) is 12.2. The lowest BCUT2D eigenvalue weighted by Crippen LogP contribution is -2.67. The molecule has 172 valence electrons. The van der Waals surface area contributed by atoms with Crippen LogP contribution in [0.5, 0.6) is 0 Å². The maximum Gasteiger partial charge on any atom is 0.237 e. The van der Waals surface area contributed by atoms with E-state index in [1.54, 1.807) is 9.80 Å². The third-order valence-corrected chi connectivity index (χ3v) is 8.77. The first-order valence-corrected chi connectivity index (χ1v) is 12.2. The van der Waals surface area contributed by atoms with Crippen molar-refractivity contribution in [1.29, 1.82) is 10.5 Å². The van der Waals surface area contributed by atoms with E-state index in [2.05, 4.69) is 12.1 Å². The molecule has 0 aromatic heterocycles. The van der Waals surface area contributed by atoms with E-state index in [1.807, 2.05) is 4.90 Å². The van der Waals surface area contributed by atoms with E-state index in [-0.39, 0.29) is 42.5 Å². The second kappa shape index (κ2) is 8.01. The summed E-state index contributed by atoms with van der Waals surface area (Å²) in [6.07, 6.45) is 8.28. The Morgan fingerprint density at radius 3 is 1.84 bits per heavy atom. The Morgan fingerprint density at radius 2 is 1.41 bits per heavy atom. The van der Waals surface area contributed by atoms with Gasteiger partial charge in [-0.15, -0.1) is 0 Å². The monoisotopic (exact) mass is 439 g/mol. The first-order chi connectivity index (χ1) is 15.3. The molecule has 6 atom stereocenters. The van der Waals surface area contributed by atoms with Crippen LogP contribution in [-0.4, -0.2) is 81.0 Å². The van der Waals surface area contributed by atoms with Crippen LogP contribution < -0.4 is 0 Å². The largest absolute Gasteiger partial charge is 0.390 e. The number of amides is 2. The fraction of sp³-hybridized carbons (Fsp3) is 0.833. The fourth-order valence-corrected chi connectivity index (χ4v) is 7.83. The van der Waals surface area contributed by atoms with Gasteiger partial charge in [0.2, 0.25) is 11.8 Å². The average molecular weight is 440 g/mol. The second-order valence-electron chi connectivity index (χ2n) is 11.0. The minimum Gasteiger partial charge on any atom is -0.390 e. The van der Waals surface area contributed by atoms with E-state index >= 15 is 0 Å². The quantitative estimate of drug-likeness (QED) is 0.693. The highest BCUT2D eigenvalue weighted by Crippen LogP contribution is 2.59. The Bertz CT molecular complexity index is 816. The Balaban J connectivity index is 1.40. The van der Waals surface area contributed by atoms with Crippen LogP contribution in [0, 0.1) is 34.5 Å². The van der Waals surface area contributed by atoms with Crippen LogP contribution in [0.2, 0.25) is 0 Å². The van der Waals surface area contributed by atoms with Crippen molar-refractivity contribution in [2.24, 2.45) is 11.8 Å². The molecular weight excluding hydrogens is 406 g/mol. The minimum atomic E-state index is -0.694. The van der Waals surface area contributed by atoms with Gasteiger partial charge in [0.15, 0.2) is 0 Å². The molecule has 1 N–H and O–H groups in total. The fourth-order valence-electron chi connectivity index (χ4n) is 7.83. The average Bonchev–Trinajstić information content (AvgIpc) is 3.40. The van der Waals surface area contributed by atoms with Crippen molar-refractivity contribution in [2.75, 3.05) is 26.2 Å². The number of likely N-dealkylation sites (tertiary alicyclic amines) is 2. The van der Waals surface area contributed by atoms with Crippen LogP contribution in [-0.2, 0) is 9.59 Å². The van der Waals surface area contributed by atoms with Crippen LogP contribution in [0.4, 0.5) is 0 Å². The molecule has 4 aliphatic carbocycles. The van der Waals surface area contributed by atoms with E-state index < -0.39 is 5.60 Å². The van der Waals surface area contributed by atoms with E-state index in [9.17, 15) is 25.2 Å². The van der Waals surface area contributed by atoms with Gasteiger partial charge in [-0.3, -0.25) is 14.5 Å². The van der Waals surface area contributed by atoms with E-state index in [1.165, 1.54) is 0 Å². The minimum absolute atomic E-state index is 0.0946. The lowest BCUT2D eigenvalue weighted by Gasteiger charge is -2.63. The molecule has 4 saturated carbocycles. The van der Waals surface area contributed by atoms with Crippen molar-refractivity contribution in [2.45, 2.75) is 87.4 Å². The van der Waals surface area contributed by atoms with Gasteiger partial charge in [-0.2, -0.15) is 10.5 Å². The summed E-state index contributed by atoms with van der Waals surface area (Å²) in [7, 11) is 0. The van der Waals surface area contributed by atoms with Gasteiger partial charge in [-0.05, 0) is 76.0 Å². The lowest BCUT2D eigenvalue weighted by atomic mass is 9.50. The van der Waals surface area contributed by atoms with Gasteiger partial charge in [0.1, 0.15) is 12.1 Å². The van der Waals surface area contributed by atoms with Crippen LogP contribution in [0.25, 0.3) is 0 Å². The van der Waals surface area contributed by atoms with E-state index in [0.717, 1.165) is 44.9 Å². The SMILES string of the molecule is N#C[C@@H]1CCCN1C(=O)CN(CC(=O)N1CCC[C@H]1C#N)C12C[C@@H]3C[C@@H](CC(O)(C3)C1)C2. The van der Waals surface area contributed by atoms with Gasteiger partial charge in [0, 0.05) is 18.6 Å².